The molecule has 0 aromatic heterocycles. The summed E-state index contributed by atoms with van der Waals surface area (Å²) in [7, 11) is 0. The zero-order valence-corrected chi connectivity index (χ0v) is 6.79. The van der Waals surface area contributed by atoms with E-state index in [1.165, 1.54) is 19.3 Å². The van der Waals surface area contributed by atoms with Crippen LogP contribution in [0.4, 0.5) is 0 Å². The van der Waals surface area contributed by atoms with Crippen LogP contribution in [0, 0.1) is 11.8 Å². The van der Waals surface area contributed by atoms with Crippen molar-refractivity contribution in [1.82, 2.24) is 0 Å². The molecule has 2 atom stereocenters. The van der Waals surface area contributed by atoms with E-state index in [1.807, 2.05) is 0 Å². The van der Waals surface area contributed by atoms with Crippen molar-refractivity contribution in [3.63, 3.8) is 0 Å². The monoisotopic (exact) mass is 149 g/mol. The van der Waals surface area contributed by atoms with Crippen molar-refractivity contribution < 1.29 is 0 Å². The van der Waals surface area contributed by atoms with Crippen molar-refractivity contribution >= 4 is 12.4 Å². The normalized spacial score (nSPS) is 31.3. The first-order chi connectivity index (χ1) is 3.88. The second kappa shape index (κ2) is 4.13. The van der Waals surface area contributed by atoms with Crippen molar-refractivity contribution in [3.8, 4) is 0 Å². The molecule has 0 heterocycles. The van der Waals surface area contributed by atoms with Gasteiger partial charge in [0.2, 0.25) is 0 Å². The average Bonchev–Trinajstić information content (AvgIpc) is 2.48. The Morgan fingerprint density at radius 1 is 1.44 bits per heavy atom. The number of hydrogen-bond acceptors (Lipinski definition) is 1. The molecule has 0 saturated heterocycles. The van der Waals surface area contributed by atoms with Crippen LogP contribution in [-0.2, 0) is 0 Å². The Morgan fingerprint density at radius 2 is 2.11 bits per heavy atom. The molecule has 0 aromatic rings. The lowest BCUT2D eigenvalue weighted by atomic mass is 10.2. The van der Waals surface area contributed by atoms with E-state index in [4.69, 9.17) is 5.73 Å². The standard InChI is InChI=1S/C7H15N.ClH/c1-2-6-5-7(6)3-4-8;/h6-7H,2-5,8H2,1H3;1H. The first kappa shape index (κ1) is 9.25. The largest absolute Gasteiger partial charge is 0.330 e. The van der Waals surface area contributed by atoms with Gasteiger partial charge in [0.05, 0.1) is 0 Å². The van der Waals surface area contributed by atoms with Gasteiger partial charge in [-0.15, -0.1) is 12.4 Å². The molecule has 2 heteroatoms. The van der Waals surface area contributed by atoms with Crippen molar-refractivity contribution in [2.75, 3.05) is 6.54 Å². The highest BCUT2D eigenvalue weighted by Gasteiger charge is 2.33. The highest BCUT2D eigenvalue weighted by atomic mass is 35.5. The second-order valence-electron chi connectivity index (χ2n) is 2.74. The third-order valence-electron chi connectivity index (χ3n) is 2.13. The van der Waals surface area contributed by atoms with E-state index in [-0.39, 0.29) is 12.4 Å². The number of hydrogen-bond donors (Lipinski definition) is 1. The molecule has 0 bridgehead atoms. The molecular weight excluding hydrogens is 134 g/mol. The molecule has 1 aliphatic rings. The van der Waals surface area contributed by atoms with Gasteiger partial charge in [-0.3, -0.25) is 0 Å². The summed E-state index contributed by atoms with van der Waals surface area (Å²) in [5.41, 5.74) is 5.39. The molecule has 9 heavy (non-hydrogen) atoms. The van der Waals surface area contributed by atoms with Crippen LogP contribution in [0.5, 0.6) is 0 Å². The van der Waals surface area contributed by atoms with E-state index < -0.39 is 0 Å². The Morgan fingerprint density at radius 3 is 2.44 bits per heavy atom. The topological polar surface area (TPSA) is 26.0 Å². The van der Waals surface area contributed by atoms with E-state index >= 15 is 0 Å². The van der Waals surface area contributed by atoms with E-state index in [0.717, 1.165) is 18.4 Å². The highest BCUT2D eigenvalue weighted by Crippen LogP contribution is 2.42. The van der Waals surface area contributed by atoms with Crippen LogP contribution in [-0.4, -0.2) is 6.54 Å². The van der Waals surface area contributed by atoms with Crippen molar-refractivity contribution in [1.29, 1.82) is 0 Å². The predicted octanol–water partition coefficient (Wildman–Crippen LogP) is 1.80. The number of halogens is 1. The third kappa shape index (κ3) is 2.55. The fraction of sp³-hybridized carbons (Fsp3) is 1.00. The van der Waals surface area contributed by atoms with Crippen LogP contribution in [0.3, 0.4) is 0 Å². The Kier molecular flexibility index (Phi) is 4.24. The summed E-state index contributed by atoms with van der Waals surface area (Å²) in [4.78, 5) is 0. The minimum Gasteiger partial charge on any atom is -0.330 e. The average molecular weight is 150 g/mol. The number of nitrogens with two attached hydrogens (primary N) is 1. The maximum Gasteiger partial charge on any atom is -0.00745 e. The lowest BCUT2D eigenvalue weighted by molar-refractivity contribution is 0.639. The molecule has 1 saturated carbocycles. The van der Waals surface area contributed by atoms with Gasteiger partial charge in [-0.1, -0.05) is 13.3 Å². The Bertz CT molecular complexity index is 75.3. The summed E-state index contributed by atoms with van der Waals surface area (Å²) in [6.07, 6.45) is 4.08. The van der Waals surface area contributed by atoms with Crippen LogP contribution in [0.15, 0.2) is 0 Å². The minimum atomic E-state index is 0. The summed E-state index contributed by atoms with van der Waals surface area (Å²) in [6, 6.07) is 0. The van der Waals surface area contributed by atoms with Gasteiger partial charge in [-0.2, -0.15) is 0 Å². The van der Waals surface area contributed by atoms with Gasteiger partial charge in [0.25, 0.3) is 0 Å². The Hall–Kier alpha value is 0.250. The first-order valence-corrected chi connectivity index (χ1v) is 3.58. The lowest BCUT2D eigenvalue weighted by Crippen LogP contribution is -1.99. The summed E-state index contributed by atoms with van der Waals surface area (Å²) < 4.78 is 0. The van der Waals surface area contributed by atoms with Crippen molar-refractivity contribution in [2.45, 2.75) is 26.2 Å². The van der Waals surface area contributed by atoms with Crippen molar-refractivity contribution in [3.05, 3.63) is 0 Å². The van der Waals surface area contributed by atoms with E-state index in [9.17, 15) is 0 Å². The summed E-state index contributed by atoms with van der Waals surface area (Å²) in [6.45, 7) is 3.16. The van der Waals surface area contributed by atoms with Crippen LogP contribution < -0.4 is 5.73 Å². The summed E-state index contributed by atoms with van der Waals surface area (Å²) in [5, 5.41) is 0. The molecule has 0 spiro atoms. The molecule has 0 radical (unpaired) electrons. The van der Waals surface area contributed by atoms with Crippen molar-refractivity contribution in [2.24, 2.45) is 17.6 Å². The minimum absolute atomic E-state index is 0. The van der Waals surface area contributed by atoms with Crippen LogP contribution >= 0.6 is 12.4 Å². The lowest BCUT2D eigenvalue weighted by Gasteiger charge is -1.90. The molecule has 1 rings (SSSR count). The molecule has 2 unspecified atom stereocenters. The van der Waals surface area contributed by atoms with Gasteiger partial charge in [-0.05, 0) is 31.2 Å². The van der Waals surface area contributed by atoms with Gasteiger partial charge in [0.15, 0.2) is 0 Å². The molecule has 0 amide bonds. The van der Waals surface area contributed by atoms with Crippen LogP contribution in [0.1, 0.15) is 26.2 Å². The van der Waals surface area contributed by atoms with Gasteiger partial charge >= 0.3 is 0 Å². The van der Waals surface area contributed by atoms with E-state index in [1.54, 1.807) is 0 Å². The van der Waals surface area contributed by atoms with Crippen LogP contribution in [0.25, 0.3) is 0 Å². The molecule has 1 nitrogen and oxygen atoms in total. The first-order valence-electron chi connectivity index (χ1n) is 3.58. The molecule has 1 aliphatic carbocycles. The summed E-state index contributed by atoms with van der Waals surface area (Å²) >= 11 is 0. The zero-order chi connectivity index (χ0) is 5.98. The zero-order valence-electron chi connectivity index (χ0n) is 5.97. The smallest absolute Gasteiger partial charge is 0.00745 e. The summed E-state index contributed by atoms with van der Waals surface area (Å²) in [5.74, 6) is 2.04. The highest BCUT2D eigenvalue weighted by molar-refractivity contribution is 5.85. The number of rotatable bonds is 3. The van der Waals surface area contributed by atoms with Gasteiger partial charge in [0, 0.05) is 0 Å². The maximum atomic E-state index is 5.39. The predicted molar refractivity (Wildman–Crippen MR) is 42.8 cm³/mol. The fourth-order valence-electron chi connectivity index (χ4n) is 1.38. The Balaban J connectivity index is 0.000000640. The Labute approximate surface area is 63.4 Å². The van der Waals surface area contributed by atoms with Gasteiger partial charge in [-0.25, -0.2) is 0 Å². The van der Waals surface area contributed by atoms with Gasteiger partial charge < -0.3 is 5.73 Å². The molecule has 0 aromatic carbocycles. The molecular formula is C7H16ClN. The molecule has 56 valence electrons. The third-order valence-corrected chi connectivity index (χ3v) is 2.13. The fourth-order valence-corrected chi connectivity index (χ4v) is 1.38. The SMILES string of the molecule is CCC1CC1CCN.Cl. The quantitative estimate of drug-likeness (QED) is 0.651. The molecule has 0 aliphatic heterocycles. The molecule has 1 fully saturated rings. The molecule has 2 N–H and O–H groups in total. The van der Waals surface area contributed by atoms with E-state index in [2.05, 4.69) is 6.92 Å². The van der Waals surface area contributed by atoms with Gasteiger partial charge in [0.1, 0.15) is 0 Å². The van der Waals surface area contributed by atoms with Crippen LogP contribution in [0.2, 0.25) is 0 Å². The second-order valence-corrected chi connectivity index (χ2v) is 2.74. The maximum absolute atomic E-state index is 5.39. The van der Waals surface area contributed by atoms with E-state index in [0.29, 0.717) is 0 Å².